The molecule has 0 radical (unpaired) electrons. The molecule has 1 aliphatic heterocycles. The van der Waals surface area contributed by atoms with Crippen LogP contribution in [0.15, 0.2) is 36.5 Å². The number of ether oxygens (including phenoxy) is 1. The molecule has 0 spiro atoms. The first-order valence-corrected chi connectivity index (χ1v) is 8.95. The lowest BCUT2D eigenvalue weighted by atomic mass is 10.1. The van der Waals surface area contributed by atoms with E-state index in [4.69, 9.17) is 4.74 Å². The molecule has 0 aliphatic carbocycles. The Kier molecular flexibility index (Phi) is 5.30. The Bertz CT molecular complexity index is 785. The van der Waals surface area contributed by atoms with Crippen LogP contribution < -0.4 is 4.74 Å². The molecule has 0 N–H and O–H groups in total. The first-order valence-electron chi connectivity index (χ1n) is 8.95. The van der Waals surface area contributed by atoms with Gasteiger partial charge >= 0.3 is 0 Å². The minimum atomic E-state index is -0.0452. The predicted molar refractivity (Wildman–Crippen MR) is 99.6 cm³/mol. The number of carbonyl (C=O) groups is 2. The second-order valence-electron chi connectivity index (χ2n) is 6.47. The fourth-order valence-corrected chi connectivity index (χ4v) is 3.33. The zero-order valence-electron chi connectivity index (χ0n) is 15.6. The van der Waals surface area contributed by atoms with E-state index in [-0.39, 0.29) is 11.8 Å². The molecule has 2 aromatic rings. The maximum Gasteiger partial charge on any atom is 0.270 e. The normalized spacial score (nSPS) is 14.4. The van der Waals surface area contributed by atoms with Gasteiger partial charge in [-0.2, -0.15) is 0 Å². The number of hydrogen-bond acceptors (Lipinski definition) is 3. The van der Waals surface area contributed by atoms with Crippen molar-refractivity contribution in [3.63, 3.8) is 0 Å². The molecule has 0 saturated carbocycles. The number of aryl methyl sites for hydroxylation is 2. The van der Waals surface area contributed by atoms with Crippen molar-refractivity contribution in [3.05, 3.63) is 53.3 Å². The molecule has 2 heterocycles. The second-order valence-corrected chi connectivity index (χ2v) is 6.47. The van der Waals surface area contributed by atoms with Crippen molar-refractivity contribution in [2.45, 2.75) is 13.8 Å². The summed E-state index contributed by atoms with van der Waals surface area (Å²) in [5, 5.41) is 0. The standard InChI is InChI=1S/C20H25N3O3/c1-4-26-17-8-6-5-7-16(17)19(24)22-11-13-23(14-12-22)20(25)18-15(2)9-10-21(18)3/h5-10H,4,11-14H2,1-3H3. The molecule has 26 heavy (non-hydrogen) atoms. The summed E-state index contributed by atoms with van der Waals surface area (Å²) >= 11 is 0. The molecule has 6 heteroatoms. The lowest BCUT2D eigenvalue weighted by molar-refractivity contribution is 0.0527. The van der Waals surface area contributed by atoms with Crippen molar-refractivity contribution in [3.8, 4) is 5.75 Å². The summed E-state index contributed by atoms with van der Waals surface area (Å²) < 4.78 is 7.42. The van der Waals surface area contributed by atoms with Gasteiger partial charge in [-0.1, -0.05) is 12.1 Å². The van der Waals surface area contributed by atoms with Crippen LogP contribution in [0.3, 0.4) is 0 Å². The lowest BCUT2D eigenvalue weighted by Crippen LogP contribution is -2.51. The van der Waals surface area contributed by atoms with Crippen molar-refractivity contribution >= 4 is 11.8 Å². The number of nitrogens with zero attached hydrogens (tertiary/aromatic N) is 3. The number of para-hydroxylation sites is 1. The SMILES string of the molecule is CCOc1ccccc1C(=O)N1CCN(C(=O)c2c(C)ccn2C)CC1. The quantitative estimate of drug-likeness (QED) is 0.846. The van der Waals surface area contributed by atoms with Gasteiger partial charge < -0.3 is 19.1 Å². The molecule has 6 nitrogen and oxygen atoms in total. The van der Waals surface area contributed by atoms with Gasteiger partial charge in [0.25, 0.3) is 11.8 Å². The highest BCUT2D eigenvalue weighted by molar-refractivity contribution is 5.97. The van der Waals surface area contributed by atoms with Gasteiger partial charge in [-0.05, 0) is 37.6 Å². The van der Waals surface area contributed by atoms with Crippen LogP contribution in [0.25, 0.3) is 0 Å². The van der Waals surface area contributed by atoms with E-state index in [1.807, 2.05) is 60.8 Å². The molecule has 0 unspecified atom stereocenters. The third-order valence-corrected chi connectivity index (χ3v) is 4.75. The Morgan fingerprint density at radius 2 is 1.62 bits per heavy atom. The maximum atomic E-state index is 12.8. The first-order chi connectivity index (χ1) is 12.5. The molecule has 0 bridgehead atoms. The highest BCUT2D eigenvalue weighted by atomic mass is 16.5. The topological polar surface area (TPSA) is 54.8 Å². The first kappa shape index (κ1) is 18.0. The molecule has 2 amide bonds. The summed E-state index contributed by atoms with van der Waals surface area (Å²) in [7, 11) is 1.88. The van der Waals surface area contributed by atoms with Gasteiger partial charge in [-0.15, -0.1) is 0 Å². The molecule has 3 rings (SSSR count). The Labute approximate surface area is 154 Å². The second kappa shape index (κ2) is 7.64. The van der Waals surface area contributed by atoms with Crippen molar-refractivity contribution < 1.29 is 14.3 Å². The maximum absolute atomic E-state index is 12.8. The molecule has 1 saturated heterocycles. The van der Waals surface area contributed by atoms with Gasteiger partial charge in [0.1, 0.15) is 11.4 Å². The van der Waals surface area contributed by atoms with E-state index in [0.717, 1.165) is 5.56 Å². The highest BCUT2D eigenvalue weighted by Gasteiger charge is 2.28. The molecule has 1 aromatic carbocycles. The minimum Gasteiger partial charge on any atom is -0.493 e. The molecule has 1 aromatic heterocycles. The fourth-order valence-electron chi connectivity index (χ4n) is 3.33. The van der Waals surface area contributed by atoms with Crippen LogP contribution in [0.1, 0.15) is 33.3 Å². The van der Waals surface area contributed by atoms with Crippen LogP contribution in [0.5, 0.6) is 5.75 Å². The Balaban J connectivity index is 1.67. The van der Waals surface area contributed by atoms with Crippen LogP contribution in [-0.4, -0.2) is 59.0 Å². The molecule has 1 fully saturated rings. The molecule has 138 valence electrons. The van der Waals surface area contributed by atoms with Crippen LogP contribution in [-0.2, 0) is 7.05 Å². The van der Waals surface area contributed by atoms with Gasteiger partial charge in [-0.3, -0.25) is 9.59 Å². The van der Waals surface area contributed by atoms with Crippen molar-refractivity contribution in [1.82, 2.24) is 14.4 Å². The van der Waals surface area contributed by atoms with E-state index in [9.17, 15) is 9.59 Å². The van der Waals surface area contributed by atoms with Gasteiger partial charge in [0.2, 0.25) is 0 Å². The summed E-state index contributed by atoms with van der Waals surface area (Å²) in [6.45, 7) is 6.47. The Morgan fingerprint density at radius 1 is 1.00 bits per heavy atom. The molecule has 1 aliphatic rings. The van der Waals surface area contributed by atoms with Crippen LogP contribution >= 0.6 is 0 Å². The summed E-state index contributed by atoms with van der Waals surface area (Å²) in [6.07, 6.45) is 1.90. The largest absolute Gasteiger partial charge is 0.493 e. The number of carbonyl (C=O) groups excluding carboxylic acids is 2. The highest BCUT2D eigenvalue weighted by Crippen LogP contribution is 2.21. The van der Waals surface area contributed by atoms with Gasteiger partial charge in [0.05, 0.1) is 12.2 Å². The minimum absolute atomic E-state index is 0.0248. The summed E-state index contributed by atoms with van der Waals surface area (Å²) in [6, 6.07) is 9.25. The number of hydrogen-bond donors (Lipinski definition) is 0. The van der Waals surface area contributed by atoms with E-state index >= 15 is 0 Å². The van der Waals surface area contributed by atoms with E-state index in [2.05, 4.69) is 0 Å². The average molecular weight is 355 g/mol. The Hall–Kier alpha value is -2.76. The Morgan fingerprint density at radius 3 is 2.19 bits per heavy atom. The third kappa shape index (κ3) is 3.45. The monoisotopic (exact) mass is 355 g/mol. The zero-order chi connectivity index (χ0) is 18.7. The average Bonchev–Trinajstić information content (AvgIpc) is 3.00. The molecule has 0 atom stereocenters. The van der Waals surface area contributed by atoms with Crippen LogP contribution in [0.4, 0.5) is 0 Å². The summed E-state index contributed by atoms with van der Waals surface area (Å²) in [4.78, 5) is 29.2. The van der Waals surface area contributed by atoms with Crippen LogP contribution in [0, 0.1) is 6.92 Å². The number of piperazine rings is 1. The number of aromatic nitrogens is 1. The van der Waals surface area contributed by atoms with Gasteiger partial charge in [0, 0.05) is 39.4 Å². The van der Waals surface area contributed by atoms with Gasteiger partial charge in [0.15, 0.2) is 0 Å². The number of amides is 2. The van der Waals surface area contributed by atoms with Crippen molar-refractivity contribution in [2.24, 2.45) is 7.05 Å². The van der Waals surface area contributed by atoms with Crippen molar-refractivity contribution in [2.75, 3.05) is 32.8 Å². The molecular weight excluding hydrogens is 330 g/mol. The summed E-state index contributed by atoms with van der Waals surface area (Å²) in [5.74, 6) is 0.589. The predicted octanol–water partition coefficient (Wildman–Crippen LogP) is 2.33. The van der Waals surface area contributed by atoms with E-state index < -0.39 is 0 Å². The van der Waals surface area contributed by atoms with Gasteiger partial charge in [-0.25, -0.2) is 0 Å². The fraction of sp³-hybridized carbons (Fsp3) is 0.400. The third-order valence-electron chi connectivity index (χ3n) is 4.75. The van der Waals surface area contributed by atoms with Crippen LogP contribution in [0.2, 0.25) is 0 Å². The van der Waals surface area contributed by atoms with E-state index in [0.29, 0.717) is 49.8 Å². The number of benzene rings is 1. The smallest absolute Gasteiger partial charge is 0.270 e. The van der Waals surface area contributed by atoms with Crippen molar-refractivity contribution in [1.29, 1.82) is 0 Å². The lowest BCUT2D eigenvalue weighted by Gasteiger charge is -2.35. The van der Waals surface area contributed by atoms with E-state index in [1.54, 1.807) is 11.0 Å². The molecular formula is C20H25N3O3. The zero-order valence-corrected chi connectivity index (χ0v) is 15.6. The number of rotatable bonds is 4. The van der Waals surface area contributed by atoms with E-state index in [1.165, 1.54) is 0 Å². The summed E-state index contributed by atoms with van der Waals surface area (Å²) in [5.41, 5.74) is 2.26.